The Labute approximate surface area is 128 Å². The van der Waals surface area contributed by atoms with Crippen LogP contribution < -0.4 is 10.2 Å². The molecule has 22 heavy (non-hydrogen) atoms. The SMILES string of the molecule is C[C@H](OC(=O)c1ccoc1)C(=O)Nc1ccc(N(C)C)cc1. The van der Waals surface area contributed by atoms with Gasteiger partial charge in [-0.1, -0.05) is 0 Å². The van der Waals surface area contributed by atoms with Crippen molar-refractivity contribution >= 4 is 23.3 Å². The van der Waals surface area contributed by atoms with E-state index in [0.717, 1.165) is 5.69 Å². The molecule has 1 heterocycles. The number of anilines is 2. The molecule has 2 rings (SSSR count). The van der Waals surface area contributed by atoms with Crippen LogP contribution in [0.15, 0.2) is 47.3 Å². The van der Waals surface area contributed by atoms with Crippen LogP contribution >= 0.6 is 0 Å². The molecule has 0 unspecified atom stereocenters. The molecule has 0 aliphatic rings. The van der Waals surface area contributed by atoms with Crippen molar-refractivity contribution in [3.05, 3.63) is 48.4 Å². The average molecular weight is 302 g/mol. The minimum absolute atomic E-state index is 0.273. The lowest BCUT2D eigenvalue weighted by atomic mass is 10.2. The summed E-state index contributed by atoms with van der Waals surface area (Å²) >= 11 is 0. The first-order chi connectivity index (χ1) is 10.5. The van der Waals surface area contributed by atoms with Crippen molar-refractivity contribution in [3.63, 3.8) is 0 Å². The minimum Gasteiger partial charge on any atom is -0.472 e. The van der Waals surface area contributed by atoms with Crippen LogP contribution in [0.3, 0.4) is 0 Å². The molecule has 0 aliphatic carbocycles. The number of nitrogens with zero attached hydrogens (tertiary/aromatic N) is 1. The Balaban J connectivity index is 1.92. The van der Waals surface area contributed by atoms with Crippen molar-refractivity contribution in [2.24, 2.45) is 0 Å². The maximum atomic E-state index is 12.0. The van der Waals surface area contributed by atoms with Crippen molar-refractivity contribution in [3.8, 4) is 0 Å². The highest BCUT2D eigenvalue weighted by Crippen LogP contribution is 2.16. The number of esters is 1. The second kappa shape index (κ2) is 6.80. The summed E-state index contributed by atoms with van der Waals surface area (Å²) in [7, 11) is 3.87. The van der Waals surface area contributed by atoms with Crippen molar-refractivity contribution < 1.29 is 18.7 Å². The van der Waals surface area contributed by atoms with Gasteiger partial charge in [-0.3, -0.25) is 4.79 Å². The molecule has 116 valence electrons. The molecule has 1 aromatic heterocycles. The molecule has 6 nitrogen and oxygen atoms in total. The Bertz CT molecular complexity index is 633. The Morgan fingerprint density at radius 1 is 1.18 bits per heavy atom. The molecule has 0 spiro atoms. The van der Waals surface area contributed by atoms with Gasteiger partial charge in [0.1, 0.15) is 6.26 Å². The molecule has 0 aliphatic heterocycles. The fraction of sp³-hybridized carbons (Fsp3) is 0.250. The molecule has 1 atom stereocenters. The average Bonchev–Trinajstić information content (AvgIpc) is 3.02. The molecule has 0 saturated heterocycles. The van der Waals surface area contributed by atoms with E-state index in [-0.39, 0.29) is 5.56 Å². The number of nitrogens with one attached hydrogen (secondary N) is 1. The second-order valence-electron chi connectivity index (χ2n) is 4.99. The zero-order valence-electron chi connectivity index (χ0n) is 12.7. The molecular weight excluding hydrogens is 284 g/mol. The van der Waals surface area contributed by atoms with Gasteiger partial charge in [-0.25, -0.2) is 4.79 Å². The van der Waals surface area contributed by atoms with Crippen LogP contribution in [0, 0.1) is 0 Å². The van der Waals surface area contributed by atoms with Gasteiger partial charge in [-0.15, -0.1) is 0 Å². The highest BCUT2D eigenvalue weighted by molar-refractivity contribution is 5.97. The number of rotatable bonds is 5. The van der Waals surface area contributed by atoms with Gasteiger partial charge in [0, 0.05) is 25.5 Å². The quantitative estimate of drug-likeness (QED) is 0.859. The molecular formula is C16H18N2O4. The Kier molecular flexibility index (Phi) is 4.83. The zero-order valence-corrected chi connectivity index (χ0v) is 12.7. The number of hydrogen-bond acceptors (Lipinski definition) is 5. The molecule has 2 aromatic rings. The lowest BCUT2D eigenvalue weighted by Gasteiger charge is -2.15. The first-order valence-corrected chi connectivity index (χ1v) is 6.79. The maximum Gasteiger partial charge on any atom is 0.342 e. The summed E-state index contributed by atoms with van der Waals surface area (Å²) in [5.41, 5.74) is 1.94. The van der Waals surface area contributed by atoms with E-state index in [2.05, 4.69) is 5.32 Å². The molecule has 0 radical (unpaired) electrons. The van der Waals surface area contributed by atoms with Crippen LogP contribution in [0.4, 0.5) is 11.4 Å². The number of ether oxygens (including phenoxy) is 1. The normalized spacial score (nSPS) is 11.6. The smallest absolute Gasteiger partial charge is 0.342 e. The molecule has 1 N–H and O–H groups in total. The summed E-state index contributed by atoms with van der Waals surface area (Å²) in [6.45, 7) is 1.52. The summed E-state index contributed by atoms with van der Waals surface area (Å²) in [6, 6.07) is 8.83. The monoisotopic (exact) mass is 302 g/mol. The molecule has 0 saturated carbocycles. The van der Waals surface area contributed by atoms with Gasteiger partial charge >= 0.3 is 5.97 Å². The number of benzene rings is 1. The van der Waals surface area contributed by atoms with Crippen LogP contribution in [-0.2, 0) is 9.53 Å². The number of carbonyl (C=O) groups is 2. The lowest BCUT2D eigenvalue weighted by Crippen LogP contribution is -2.29. The maximum absolute atomic E-state index is 12.0. The van der Waals surface area contributed by atoms with E-state index in [1.165, 1.54) is 25.5 Å². The highest BCUT2D eigenvalue weighted by atomic mass is 16.5. The van der Waals surface area contributed by atoms with Gasteiger partial charge in [0.05, 0.1) is 11.8 Å². The molecule has 1 amide bonds. The first kappa shape index (κ1) is 15.6. The summed E-state index contributed by atoms with van der Waals surface area (Å²) in [5, 5.41) is 2.70. The lowest BCUT2D eigenvalue weighted by molar-refractivity contribution is -0.123. The Morgan fingerprint density at radius 3 is 2.41 bits per heavy atom. The van der Waals surface area contributed by atoms with E-state index in [4.69, 9.17) is 9.15 Å². The fourth-order valence-corrected chi connectivity index (χ4v) is 1.75. The van der Waals surface area contributed by atoms with E-state index in [0.29, 0.717) is 5.69 Å². The van der Waals surface area contributed by atoms with Crippen molar-refractivity contribution in [1.82, 2.24) is 0 Å². The van der Waals surface area contributed by atoms with Gasteiger partial charge in [0.2, 0.25) is 0 Å². The molecule has 0 bridgehead atoms. The van der Waals surface area contributed by atoms with Crippen LogP contribution in [-0.4, -0.2) is 32.1 Å². The number of hydrogen-bond donors (Lipinski definition) is 1. The minimum atomic E-state index is -0.907. The molecule has 0 fully saturated rings. The summed E-state index contributed by atoms with van der Waals surface area (Å²) in [4.78, 5) is 25.7. The Morgan fingerprint density at radius 2 is 1.86 bits per heavy atom. The number of furan rings is 1. The molecule has 1 aromatic carbocycles. The number of carbonyl (C=O) groups excluding carboxylic acids is 2. The van der Waals surface area contributed by atoms with E-state index < -0.39 is 18.0 Å². The van der Waals surface area contributed by atoms with Crippen molar-refractivity contribution in [2.75, 3.05) is 24.3 Å². The predicted octanol–water partition coefficient (Wildman–Crippen LogP) is 2.53. The summed E-state index contributed by atoms with van der Waals surface area (Å²) in [6.07, 6.45) is 1.73. The van der Waals surface area contributed by atoms with E-state index >= 15 is 0 Å². The van der Waals surface area contributed by atoms with Gasteiger partial charge in [-0.05, 0) is 37.3 Å². The number of amides is 1. The van der Waals surface area contributed by atoms with Crippen LogP contribution in [0.25, 0.3) is 0 Å². The van der Waals surface area contributed by atoms with Crippen LogP contribution in [0.1, 0.15) is 17.3 Å². The third-order valence-corrected chi connectivity index (χ3v) is 3.06. The summed E-state index contributed by atoms with van der Waals surface area (Å²) < 4.78 is 9.87. The topological polar surface area (TPSA) is 71.8 Å². The van der Waals surface area contributed by atoms with Gasteiger partial charge in [0.25, 0.3) is 5.91 Å². The van der Waals surface area contributed by atoms with Gasteiger partial charge in [-0.2, -0.15) is 0 Å². The zero-order chi connectivity index (χ0) is 16.1. The summed E-state index contributed by atoms with van der Waals surface area (Å²) in [5.74, 6) is -0.992. The van der Waals surface area contributed by atoms with Crippen molar-refractivity contribution in [1.29, 1.82) is 0 Å². The third kappa shape index (κ3) is 3.88. The Hall–Kier alpha value is -2.76. The van der Waals surface area contributed by atoms with Crippen molar-refractivity contribution in [2.45, 2.75) is 13.0 Å². The van der Waals surface area contributed by atoms with Gasteiger partial charge < -0.3 is 19.4 Å². The van der Waals surface area contributed by atoms with Crippen LogP contribution in [0.2, 0.25) is 0 Å². The van der Waals surface area contributed by atoms with E-state index in [9.17, 15) is 9.59 Å². The fourth-order valence-electron chi connectivity index (χ4n) is 1.75. The van der Waals surface area contributed by atoms with E-state index in [1.54, 1.807) is 12.1 Å². The third-order valence-electron chi connectivity index (χ3n) is 3.06. The molecule has 6 heteroatoms. The second-order valence-corrected chi connectivity index (χ2v) is 4.99. The standard InChI is InChI=1S/C16H18N2O4/c1-11(22-16(20)12-8-9-21-10-12)15(19)17-13-4-6-14(7-5-13)18(2)3/h4-11H,1-3H3,(H,17,19)/t11-/m0/s1. The first-order valence-electron chi connectivity index (χ1n) is 6.79. The van der Waals surface area contributed by atoms with Crippen LogP contribution in [0.5, 0.6) is 0 Å². The highest BCUT2D eigenvalue weighted by Gasteiger charge is 2.19. The van der Waals surface area contributed by atoms with Gasteiger partial charge in [0.15, 0.2) is 6.10 Å². The largest absolute Gasteiger partial charge is 0.472 e. The van der Waals surface area contributed by atoms with E-state index in [1.807, 2.05) is 31.1 Å². The predicted molar refractivity (Wildman–Crippen MR) is 83.0 cm³/mol.